The molecule has 126 valence electrons. The molecule has 1 aromatic carbocycles. The molecule has 0 fully saturated rings. The third-order valence-electron chi connectivity index (χ3n) is 2.99. The Morgan fingerprint density at radius 1 is 1.29 bits per heavy atom. The summed E-state index contributed by atoms with van der Waals surface area (Å²) in [6, 6.07) is 6.64. The molecule has 1 aromatic heterocycles. The Balaban J connectivity index is 2.39. The van der Waals surface area contributed by atoms with Gasteiger partial charge in [0.2, 0.25) is 0 Å². The van der Waals surface area contributed by atoms with Crippen LogP contribution in [0.3, 0.4) is 0 Å². The van der Waals surface area contributed by atoms with Gasteiger partial charge in [0, 0.05) is 4.47 Å². The highest BCUT2D eigenvalue weighted by molar-refractivity contribution is 9.10. The van der Waals surface area contributed by atoms with Gasteiger partial charge in [-0.05, 0) is 36.6 Å². The van der Waals surface area contributed by atoms with Crippen molar-refractivity contribution >= 4 is 56.7 Å². The fourth-order valence-corrected chi connectivity index (χ4v) is 3.16. The molecule has 9 heteroatoms. The maximum Gasteiger partial charge on any atom is 0.322 e. The predicted octanol–water partition coefficient (Wildman–Crippen LogP) is 3.42. The highest BCUT2D eigenvalue weighted by Gasteiger charge is 2.29. The quantitative estimate of drug-likeness (QED) is 0.559. The number of aliphatic carboxylic acids is 1. The molecule has 24 heavy (non-hydrogen) atoms. The molecule has 0 aliphatic rings. The van der Waals surface area contributed by atoms with Gasteiger partial charge in [-0.1, -0.05) is 33.6 Å². The first-order valence-electron chi connectivity index (χ1n) is 6.67. The van der Waals surface area contributed by atoms with E-state index in [1.807, 2.05) is 0 Å². The third kappa shape index (κ3) is 4.21. The van der Waals surface area contributed by atoms with Crippen LogP contribution in [0.1, 0.15) is 27.0 Å². The SMILES string of the molecule is C[C@H](NN(C(=O)c1cccs1)C(=O)c1ccc(Br)cc1Cl)C(=O)O. The Hall–Kier alpha value is -1.74. The van der Waals surface area contributed by atoms with Crippen molar-refractivity contribution in [1.29, 1.82) is 0 Å². The standard InChI is InChI=1S/C15H12BrClN2O4S/c1-8(15(22)23)18-19(14(21)12-3-2-6-24-12)13(20)10-5-4-9(16)7-11(10)17/h2-8,18H,1H3,(H,22,23)/t8-/m0/s1. The summed E-state index contributed by atoms with van der Waals surface area (Å²) in [6.45, 7) is 1.33. The van der Waals surface area contributed by atoms with Gasteiger partial charge < -0.3 is 5.11 Å². The molecule has 2 rings (SSSR count). The van der Waals surface area contributed by atoms with E-state index in [-0.39, 0.29) is 10.6 Å². The van der Waals surface area contributed by atoms with Gasteiger partial charge in [0.15, 0.2) is 0 Å². The number of amides is 2. The lowest BCUT2D eigenvalue weighted by molar-refractivity contribution is -0.139. The first-order chi connectivity index (χ1) is 11.3. The first kappa shape index (κ1) is 18.6. The van der Waals surface area contributed by atoms with Crippen molar-refractivity contribution in [3.8, 4) is 0 Å². The normalized spacial score (nSPS) is 11.8. The van der Waals surface area contributed by atoms with Crippen molar-refractivity contribution in [2.75, 3.05) is 0 Å². The fraction of sp³-hybridized carbons (Fsp3) is 0.133. The average molecular weight is 432 g/mol. The maximum atomic E-state index is 12.7. The molecule has 0 aliphatic heterocycles. The largest absolute Gasteiger partial charge is 0.480 e. The third-order valence-corrected chi connectivity index (χ3v) is 4.66. The van der Waals surface area contributed by atoms with Crippen molar-refractivity contribution in [3.05, 3.63) is 55.6 Å². The van der Waals surface area contributed by atoms with E-state index in [1.165, 1.54) is 19.1 Å². The minimum atomic E-state index is -1.20. The van der Waals surface area contributed by atoms with Crippen LogP contribution in [0.15, 0.2) is 40.2 Å². The number of carboxylic acids is 1. The summed E-state index contributed by atoms with van der Waals surface area (Å²) in [5.74, 6) is -2.59. The summed E-state index contributed by atoms with van der Waals surface area (Å²) < 4.78 is 0.673. The Kier molecular flexibility index (Phi) is 6.11. The van der Waals surface area contributed by atoms with Crippen LogP contribution < -0.4 is 5.43 Å². The summed E-state index contributed by atoms with van der Waals surface area (Å²) in [6.07, 6.45) is 0. The van der Waals surface area contributed by atoms with Gasteiger partial charge in [-0.15, -0.1) is 11.3 Å². The fourth-order valence-electron chi connectivity index (χ4n) is 1.75. The molecule has 0 aliphatic carbocycles. The summed E-state index contributed by atoms with van der Waals surface area (Å²) >= 11 is 10.4. The zero-order chi connectivity index (χ0) is 17.9. The van der Waals surface area contributed by atoms with Crippen molar-refractivity contribution in [1.82, 2.24) is 10.4 Å². The van der Waals surface area contributed by atoms with Crippen molar-refractivity contribution in [2.45, 2.75) is 13.0 Å². The van der Waals surface area contributed by atoms with Crippen molar-refractivity contribution in [2.24, 2.45) is 0 Å². The van der Waals surface area contributed by atoms with Crippen LogP contribution in [0, 0.1) is 0 Å². The van der Waals surface area contributed by atoms with Crippen molar-refractivity contribution in [3.63, 3.8) is 0 Å². The lowest BCUT2D eigenvalue weighted by atomic mass is 10.2. The number of hydrogen-bond donors (Lipinski definition) is 2. The van der Waals surface area contributed by atoms with E-state index in [1.54, 1.807) is 23.6 Å². The zero-order valence-electron chi connectivity index (χ0n) is 12.3. The van der Waals surface area contributed by atoms with Crippen molar-refractivity contribution < 1.29 is 19.5 Å². The highest BCUT2D eigenvalue weighted by atomic mass is 79.9. The number of imide groups is 1. The van der Waals surface area contributed by atoms with Gasteiger partial charge in [-0.25, -0.2) is 10.4 Å². The van der Waals surface area contributed by atoms with Crippen LogP contribution in [0.2, 0.25) is 5.02 Å². The number of nitrogens with one attached hydrogen (secondary N) is 1. The molecule has 0 unspecified atom stereocenters. The van der Waals surface area contributed by atoms with Crippen LogP contribution in [0.4, 0.5) is 0 Å². The van der Waals surface area contributed by atoms with Crippen LogP contribution in [-0.2, 0) is 4.79 Å². The second-order valence-corrected chi connectivity index (χ2v) is 7.01. The molecule has 0 bridgehead atoms. The summed E-state index contributed by atoms with van der Waals surface area (Å²) in [4.78, 5) is 36.7. The number of rotatable bonds is 5. The van der Waals surface area contributed by atoms with Crippen LogP contribution in [-0.4, -0.2) is 33.9 Å². The van der Waals surface area contributed by atoms with Crippen LogP contribution in [0.5, 0.6) is 0 Å². The monoisotopic (exact) mass is 430 g/mol. The number of carbonyl (C=O) groups is 3. The van der Waals surface area contributed by atoms with Gasteiger partial charge in [0.25, 0.3) is 11.8 Å². The molecule has 2 amide bonds. The summed E-state index contributed by atoms with van der Waals surface area (Å²) in [5.41, 5.74) is 2.49. The number of carbonyl (C=O) groups excluding carboxylic acids is 2. The Labute approximate surface area is 155 Å². The molecular weight excluding hydrogens is 420 g/mol. The molecule has 0 radical (unpaired) electrons. The van der Waals surface area contributed by atoms with Crippen LogP contribution in [0.25, 0.3) is 0 Å². The van der Waals surface area contributed by atoms with E-state index >= 15 is 0 Å². The molecule has 6 nitrogen and oxygen atoms in total. The average Bonchev–Trinajstić information content (AvgIpc) is 3.05. The Morgan fingerprint density at radius 3 is 2.54 bits per heavy atom. The topological polar surface area (TPSA) is 86.7 Å². The zero-order valence-corrected chi connectivity index (χ0v) is 15.5. The van der Waals surface area contributed by atoms with E-state index in [0.717, 1.165) is 11.3 Å². The molecule has 2 aromatic rings. The summed E-state index contributed by atoms with van der Waals surface area (Å²) in [5, 5.41) is 11.6. The van der Waals surface area contributed by atoms with Gasteiger partial charge in [-0.3, -0.25) is 14.4 Å². The Morgan fingerprint density at radius 2 is 2.00 bits per heavy atom. The highest BCUT2D eigenvalue weighted by Crippen LogP contribution is 2.23. The lowest BCUT2D eigenvalue weighted by Crippen LogP contribution is -2.52. The minimum absolute atomic E-state index is 0.0786. The molecule has 0 spiro atoms. The molecule has 1 heterocycles. The number of thiophene rings is 1. The summed E-state index contributed by atoms with van der Waals surface area (Å²) in [7, 11) is 0. The smallest absolute Gasteiger partial charge is 0.322 e. The number of benzene rings is 1. The van der Waals surface area contributed by atoms with Gasteiger partial charge in [0.05, 0.1) is 15.5 Å². The molecule has 0 saturated heterocycles. The second kappa shape index (κ2) is 7.89. The Bertz CT molecular complexity index is 782. The number of halogens is 2. The van der Waals surface area contributed by atoms with E-state index in [4.69, 9.17) is 16.7 Å². The number of nitrogens with zero attached hydrogens (tertiary/aromatic N) is 1. The number of carboxylic acid groups (broad SMARTS) is 1. The van der Waals surface area contributed by atoms with E-state index in [9.17, 15) is 14.4 Å². The number of hydrazine groups is 1. The van der Waals surface area contributed by atoms with Crippen LogP contribution >= 0.6 is 38.9 Å². The van der Waals surface area contributed by atoms with E-state index in [0.29, 0.717) is 14.4 Å². The molecule has 0 saturated carbocycles. The number of hydrogen-bond acceptors (Lipinski definition) is 5. The second-order valence-electron chi connectivity index (χ2n) is 4.74. The molecule has 2 N–H and O–H groups in total. The first-order valence-corrected chi connectivity index (χ1v) is 8.72. The lowest BCUT2D eigenvalue weighted by Gasteiger charge is -2.23. The minimum Gasteiger partial charge on any atom is -0.480 e. The molecule has 1 atom stereocenters. The van der Waals surface area contributed by atoms with Gasteiger partial charge >= 0.3 is 5.97 Å². The van der Waals surface area contributed by atoms with E-state index < -0.39 is 23.8 Å². The van der Waals surface area contributed by atoms with Gasteiger partial charge in [0.1, 0.15) is 6.04 Å². The van der Waals surface area contributed by atoms with E-state index in [2.05, 4.69) is 21.4 Å². The predicted molar refractivity (Wildman–Crippen MR) is 94.2 cm³/mol. The van der Waals surface area contributed by atoms with Gasteiger partial charge in [-0.2, -0.15) is 0 Å². The molecular formula is C15H12BrClN2O4S. The maximum absolute atomic E-state index is 12.7.